The Morgan fingerprint density at radius 1 is 1.29 bits per heavy atom. The summed E-state index contributed by atoms with van der Waals surface area (Å²) in [5.74, 6) is 1.78. The van der Waals surface area contributed by atoms with Gasteiger partial charge in [0.05, 0.1) is 6.20 Å². The van der Waals surface area contributed by atoms with Gasteiger partial charge in [0.1, 0.15) is 11.5 Å². The fourth-order valence-electron chi connectivity index (χ4n) is 3.61. The summed E-state index contributed by atoms with van der Waals surface area (Å²) >= 11 is 0. The van der Waals surface area contributed by atoms with Crippen molar-refractivity contribution in [2.24, 2.45) is 0 Å². The third-order valence-corrected chi connectivity index (χ3v) is 5.08. The highest BCUT2D eigenvalue weighted by molar-refractivity contribution is 5.56. The molecule has 1 aliphatic carbocycles. The first kappa shape index (κ1) is 17.2. The van der Waals surface area contributed by atoms with Gasteiger partial charge in [-0.15, -0.1) is 0 Å². The molecule has 5 nitrogen and oxygen atoms in total. The number of aryl methyl sites for hydroxylation is 1. The van der Waals surface area contributed by atoms with Crippen LogP contribution in [0.25, 0.3) is 11.5 Å². The Labute approximate surface area is 144 Å². The first-order chi connectivity index (χ1) is 11.7. The van der Waals surface area contributed by atoms with Crippen molar-refractivity contribution >= 4 is 0 Å². The number of H-pyrrole nitrogens is 1. The van der Waals surface area contributed by atoms with E-state index in [1.807, 2.05) is 25.3 Å². The lowest BCUT2D eigenvalue weighted by atomic mass is 9.94. The summed E-state index contributed by atoms with van der Waals surface area (Å²) in [6.07, 6.45) is 10.1. The molecule has 0 saturated heterocycles. The largest absolute Gasteiger partial charge is 0.460 e. The van der Waals surface area contributed by atoms with E-state index in [2.05, 4.69) is 27.5 Å². The molecular formula is C19H30N4O. The van der Waals surface area contributed by atoms with Crippen LogP contribution in [0.5, 0.6) is 0 Å². The van der Waals surface area contributed by atoms with E-state index >= 15 is 0 Å². The Balaban J connectivity index is 1.39. The number of hydrogen-bond acceptors (Lipinski definition) is 4. The molecule has 3 rings (SSSR count). The second kappa shape index (κ2) is 8.49. The van der Waals surface area contributed by atoms with Crippen LogP contribution in [0.4, 0.5) is 0 Å². The van der Waals surface area contributed by atoms with E-state index in [-0.39, 0.29) is 0 Å². The van der Waals surface area contributed by atoms with E-state index in [1.54, 1.807) is 0 Å². The van der Waals surface area contributed by atoms with Crippen molar-refractivity contribution in [2.75, 3.05) is 20.1 Å². The maximum Gasteiger partial charge on any atom is 0.152 e. The van der Waals surface area contributed by atoms with E-state index in [0.717, 1.165) is 41.9 Å². The van der Waals surface area contributed by atoms with Gasteiger partial charge < -0.3 is 14.6 Å². The second-order valence-corrected chi connectivity index (χ2v) is 6.98. The van der Waals surface area contributed by atoms with Gasteiger partial charge in [-0.2, -0.15) is 5.10 Å². The molecule has 1 aliphatic rings. The highest BCUT2D eigenvalue weighted by Crippen LogP contribution is 2.23. The lowest BCUT2D eigenvalue weighted by Gasteiger charge is -2.31. The minimum Gasteiger partial charge on any atom is -0.460 e. The molecule has 0 atom stereocenters. The summed E-state index contributed by atoms with van der Waals surface area (Å²) in [5.41, 5.74) is 2.14. The first-order valence-corrected chi connectivity index (χ1v) is 9.24. The van der Waals surface area contributed by atoms with Crippen molar-refractivity contribution in [3.63, 3.8) is 0 Å². The average molecular weight is 330 g/mol. The Morgan fingerprint density at radius 2 is 2.12 bits per heavy atom. The summed E-state index contributed by atoms with van der Waals surface area (Å²) in [7, 11) is 2.28. The molecule has 2 aromatic rings. The van der Waals surface area contributed by atoms with E-state index in [1.165, 1.54) is 45.1 Å². The zero-order chi connectivity index (χ0) is 16.8. The van der Waals surface area contributed by atoms with Crippen LogP contribution in [0.15, 0.2) is 22.7 Å². The lowest BCUT2D eigenvalue weighted by molar-refractivity contribution is 0.189. The van der Waals surface area contributed by atoms with Gasteiger partial charge in [-0.05, 0) is 58.5 Å². The molecular weight excluding hydrogens is 300 g/mol. The predicted octanol–water partition coefficient (Wildman–Crippen LogP) is 3.72. The maximum atomic E-state index is 5.69. The number of aromatic amines is 1. The smallest absolute Gasteiger partial charge is 0.152 e. The van der Waals surface area contributed by atoms with Crippen molar-refractivity contribution in [3.05, 3.63) is 29.7 Å². The van der Waals surface area contributed by atoms with Gasteiger partial charge in [0.15, 0.2) is 5.76 Å². The van der Waals surface area contributed by atoms with Crippen LogP contribution >= 0.6 is 0 Å². The summed E-state index contributed by atoms with van der Waals surface area (Å²) in [5, 5.41) is 10.7. The summed E-state index contributed by atoms with van der Waals surface area (Å²) in [4.78, 5) is 2.55. The van der Waals surface area contributed by atoms with Crippen molar-refractivity contribution in [2.45, 2.75) is 58.0 Å². The molecule has 0 aliphatic heterocycles. The fourth-order valence-corrected chi connectivity index (χ4v) is 3.61. The van der Waals surface area contributed by atoms with Gasteiger partial charge in [0.25, 0.3) is 0 Å². The van der Waals surface area contributed by atoms with E-state index in [4.69, 9.17) is 4.42 Å². The molecule has 1 saturated carbocycles. The van der Waals surface area contributed by atoms with Gasteiger partial charge in [-0.25, -0.2) is 0 Å². The van der Waals surface area contributed by atoms with Crippen molar-refractivity contribution in [1.82, 2.24) is 20.4 Å². The maximum absolute atomic E-state index is 5.69. The molecule has 1 fully saturated rings. The van der Waals surface area contributed by atoms with Gasteiger partial charge in [-0.3, -0.25) is 5.10 Å². The number of hydrogen-bond donors (Lipinski definition) is 2. The summed E-state index contributed by atoms with van der Waals surface area (Å²) in [6, 6.07) is 4.78. The van der Waals surface area contributed by atoms with Crippen molar-refractivity contribution in [1.29, 1.82) is 0 Å². The number of furan rings is 1. The average Bonchev–Trinajstić information content (AvgIpc) is 3.23. The molecule has 0 spiro atoms. The number of nitrogens with one attached hydrogen (secondary N) is 2. The van der Waals surface area contributed by atoms with Gasteiger partial charge >= 0.3 is 0 Å². The zero-order valence-electron chi connectivity index (χ0n) is 15.0. The standard InChI is InChI=1S/C19H30N4O/c1-15-9-10-18(24-15)19-16(14-21-22-19)13-20-11-6-12-23(2)17-7-4-3-5-8-17/h9-10,14,17,20H,3-8,11-13H2,1-2H3,(H,21,22). The molecule has 2 N–H and O–H groups in total. The SMILES string of the molecule is Cc1ccc(-c2[nH]ncc2CNCCCN(C)C2CCCCC2)o1. The van der Waals surface area contributed by atoms with Gasteiger partial charge in [0, 0.05) is 18.2 Å². The van der Waals surface area contributed by atoms with E-state index in [9.17, 15) is 0 Å². The van der Waals surface area contributed by atoms with E-state index < -0.39 is 0 Å². The molecule has 0 amide bonds. The minimum atomic E-state index is 0.807. The monoisotopic (exact) mass is 330 g/mol. The molecule has 132 valence electrons. The summed E-state index contributed by atoms with van der Waals surface area (Å²) < 4.78 is 5.69. The van der Waals surface area contributed by atoms with Crippen LogP contribution in [0.2, 0.25) is 0 Å². The minimum absolute atomic E-state index is 0.807. The normalized spacial score (nSPS) is 16.1. The molecule has 24 heavy (non-hydrogen) atoms. The number of aromatic nitrogens is 2. The van der Waals surface area contributed by atoms with Crippen LogP contribution in [-0.4, -0.2) is 41.3 Å². The second-order valence-electron chi connectivity index (χ2n) is 6.98. The Hall–Kier alpha value is -1.59. The lowest BCUT2D eigenvalue weighted by Crippen LogP contribution is -2.35. The van der Waals surface area contributed by atoms with Gasteiger partial charge in [0.2, 0.25) is 0 Å². The highest BCUT2D eigenvalue weighted by atomic mass is 16.3. The van der Waals surface area contributed by atoms with Gasteiger partial charge in [-0.1, -0.05) is 19.3 Å². The van der Waals surface area contributed by atoms with Crippen LogP contribution in [0.1, 0.15) is 49.8 Å². The van der Waals surface area contributed by atoms with Crippen LogP contribution in [0, 0.1) is 6.92 Å². The molecule has 0 aromatic carbocycles. The van der Waals surface area contributed by atoms with E-state index in [0.29, 0.717) is 0 Å². The van der Waals surface area contributed by atoms with Crippen LogP contribution in [0.3, 0.4) is 0 Å². The third kappa shape index (κ3) is 4.48. The number of nitrogens with zero attached hydrogens (tertiary/aromatic N) is 2. The quantitative estimate of drug-likeness (QED) is 0.724. The summed E-state index contributed by atoms with van der Waals surface area (Å²) in [6.45, 7) is 4.98. The molecule has 2 heterocycles. The Morgan fingerprint density at radius 3 is 2.88 bits per heavy atom. The highest BCUT2D eigenvalue weighted by Gasteiger charge is 2.17. The topological polar surface area (TPSA) is 57.1 Å². The Kier molecular flexibility index (Phi) is 6.10. The third-order valence-electron chi connectivity index (χ3n) is 5.08. The molecule has 0 radical (unpaired) electrons. The van der Waals surface area contributed by atoms with Crippen LogP contribution in [-0.2, 0) is 6.54 Å². The molecule has 0 unspecified atom stereocenters. The molecule has 5 heteroatoms. The number of rotatable bonds is 8. The molecule has 0 bridgehead atoms. The fraction of sp³-hybridized carbons (Fsp3) is 0.632. The van der Waals surface area contributed by atoms with Crippen molar-refractivity contribution in [3.8, 4) is 11.5 Å². The first-order valence-electron chi connectivity index (χ1n) is 9.24. The predicted molar refractivity (Wildman–Crippen MR) is 96.9 cm³/mol. The molecule has 2 aromatic heterocycles. The van der Waals surface area contributed by atoms with Crippen molar-refractivity contribution < 1.29 is 4.42 Å². The Bertz CT molecular complexity index is 612. The zero-order valence-corrected chi connectivity index (χ0v) is 15.0. The van der Waals surface area contributed by atoms with Crippen LogP contribution < -0.4 is 5.32 Å².